The molecule has 0 aromatic rings. The van der Waals surface area contributed by atoms with Crippen molar-refractivity contribution in [2.75, 3.05) is 20.3 Å². The zero-order valence-corrected chi connectivity index (χ0v) is 14.7. The van der Waals surface area contributed by atoms with Gasteiger partial charge in [-0.05, 0) is 74.5 Å². The highest BCUT2D eigenvalue weighted by Crippen LogP contribution is 2.36. The predicted molar refractivity (Wildman–Crippen MR) is 93.3 cm³/mol. The minimum atomic E-state index is -0.207. The maximum absolute atomic E-state index is 12.6. The summed E-state index contributed by atoms with van der Waals surface area (Å²) < 4.78 is 10.8. The van der Waals surface area contributed by atoms with Crippen molar-refractivity contribution < 1.29 is 14.3 Å². The van der Waals surface area contributed by atoms with E-state index in [1.165, 1.54) is 36.8 Å². The number of hydrogen-bond donors (Lipinski definition) is 0. The standard InChI is InChI=1S/C20H30O3/c1-3-14-23-20(21)18(15-22-2)19(16-10-6-4-7-11-16)17-12-8-5-9-13-17/h10,12H,3-9,11,13-15H2,1-2H3. The van der Waals surface area contributed by atoms with Crippen LogP contribution >= 0.6 is 0 Å². The maximum Gasteiger partial charge on any atom is 0.337 e. The van der Waals surface area contributed by atoms with Crippen LogP contribution in [0.15, 0.2) is 34.4 Å². The van der Waals surface area contributed by atoms with Gasteiger partial charge in [-0.1, -0.05) is 19.1 Å². The van der Waals surface area contributed by atoms with Crippen LogP contribution in [-0.4, -0.2) is 26.3 Å². The maximum atomic E-state index is 12.6. The molecule has 0 unspecified atom stereocenters. The van der Waals surface area contributed by atoms with E-state index < -0.39 is 0 Å². The molecule has 0 N–H and O–H groups in total. The molecule has 0 bridgehead atoms. The lowest BCUT2D eigenvalue weighted by Gasteiger charge is -2.24. The Morgan fingerprint density at radius 1 is 1.04 bits per heavy atom. The molecule has 3 heteroatoms. The van der Waals surface area contributed by atoms with Crippen LogP contribution < -0.4 is 0 Å². The second-order valence-corrected chi connectivity index (χ2v) is 6.37. The second-order valence-electron chi connectivity index (χ2n) is 6.37. The van der Waals surface area contributed by atoms with E-state index >= 15 is 0 Å². The molecule has 0 aromatic carbocycles. The molecule has 3 nitrogen and oxygen atoms in total. The summed E-state index contributed by atoms with van der Waals surface area (Å²) in [5.74, 6) is -0.207. The highest BCUT2D eigenvalue weighted by Gasteiger charge is 2.24. The fourth-order valence-electron chi connectivity index (χ4n) is 3.38. The SMILES string of the molecule is CCCOC(=O)C(COC)=C(C1=CCCCC1)C1=CCCCC1. The van der Waals surface area contributed by atoms with Gasteiger partial charge >= 0.3 is 5.97 Å². The van der Waals surface area contributed by atoms with Crippen LogP contribution in [0.4, 0.5) is 0 Å². The van der Waals surface area contributed by atoms with Crippen molar-refractivity contribution in [3.63, 3.8) is 0 Å². The van der Waals surface area contributed by atoms with E-state index in [2.05, 4.69) is 12.2 Å². The van der Waals surface area contributed by atoms with Gasteiger partial charge in [0.25, 0.3) is 0 Å². The fraction of sp³-hybridized carbons (Fsp3) is 0.650. The van der Waals surface area contributed by atoms with Gasteiger partial charge in [0.05, 0.1) is 18.8 Å². The second kappa shape index (κ2) is 9.71. The zero-order chi connectivity index (χ0) is 16.5. The third kappa shape index (κ3) is 5.07. The van der Waals surface area contributed by atoms with Crippen LogP contribution in [0.2, 0.25) is 0 Å². The van der Waals surface area contributed by atoms with Crippen LogP contribution in [0.1, 0.15) is 64.7 Å². The number of ether oxygens (including phenoxy) is 2. The van der Waals surface area contributed by atoms with Gasteiger partial charge in [0.2, 0.25) is 0 Å². The fourth-order valence-corrected chi connectivity index (χ4v) is 3.38. The van der Waals surface area contributed by atoms with Gasteiger partial charge < -0.3 is 9.47 Å². The number of esters is 1. The van der Waals surface area contributed by atoms with Crippen LogP contribution in [0.25, 0.3) is 0 Å². The number of rotatable bonds is 7. The third-order valence-electron chi connectivity index (χ3n) is 4.50. The molecule has 0 spiro atoms. The zero-order valence-electron chi connectivity index (χ0n) is 14.7. The van der Waals surface area contributed by atoms with Crippen LogP contribution in [-0.2, 0) is 14.3 Å². The van der Waals surface area contributed by atoms with Crippen LogP contribution in [0.5, 0.6) is 0 Å². The van der Waals surface area contributed by atoms with E-state index in [0.717, 1.165) is 37.7 Å². The van der Waals surface area contributed by atoms with E-state index in [4.69, 9.17) is 9.47 Å². The van der Waals surface area contributed by atoms with E-state index in [-0.39, 0.29) is 5.97 Å². The average molecular weight is 318 g/mol. The molecule has 0 heterocycles. The Bertz CT molecular complexity index is 469. The van der Waals surface area contributed by atoms with E-state index in [9.17, 15) is 4.79 Å². The summed E-state index contributed by atoms with van der Waals surface area (Å²) in [5, 5.41) is 0. The number of allylic oxidation sites excluding steroid dienone is 5. The molecular formula is C20H30O3. The minimum Gasteiger partial charge on any atom is -0.462 e. The quantitative estimate of drug-likeness (QED) is 0.495. The van der Waals surface area contributed by atoms with Gasteiger partial charge in [0, 0.05) is 7.11 Å². The first-order valence-corrected chi connectivity index (χ1v) is 9.06. The Morgan fingerprint density at radius 2 is 1.65 bits per heavy atom. The van der Waals surface area contributed by atoms with Gasteiger partial charge in [-0.25, -0.2) is 4.79 Å². The molecule has 2 rings (SSSR count). The normalized spacial score (nSPS) is 18.0. The molecule has 0 atom stereocenters. The Morgan fingerprint density at radius 3 is 2.09 bits per heavy atom. The summed E-state index contributed by atoms with van der Waals surface area (Å²) in [6.07, 6.45) is 14.7. The molecule has 0 fully saturated rings. The van der Waals surface area contributed by atoms with Crippen LogP contribution in [0, 0.1) is 0 Å². The van der Waals surface area contributed by atoms with Gasteiger partial charge in [-0.3, -0.25) is 0 Å². The Balaban J connectivity index is 2.42. The summed E-state index contributed by atoms with van der Waals surface area (Å²) in [7, 11) is 1.65. The van der Waals surface area contributed by atoms with E-state index in [0.29, 0.717) is 18.8 Å². The molecule has 0 saturated carbocycles. The van der Waals surface area contributed by atoms with E-state index in [1.807, 2.05) is 6.92 Å². The third-order valence-corrected chi connectivity index (χ3v) is 4.50. The Kier molecular flexibility index (Phi) is 7.60. The molecular weight excluding hydrogens is 288 g/mol. The molecule has 23 heavy (non-hydrogen) atoms. The van der Waals surface area contributed by atoms with Crippen molar-refractivity contribution in [1.29, 1.82) is 0 Å². The highest BCUT2D eigenvalue weighted by atomic mass is 16.5. The molecule has 0 saturated heterocycles. The van der Waals surface area contributed by atoms with Crippen molar-refractivity contribution in [3.8, 4) is 0 Å². The van der Waals surface area contributed by atoms with Crippen molar-refractivity contribution in [2.45, 2.75) is 64.7 Å². The lowest BCUT2D eigenvalue weighted by Crippen LogP contribution is -2.18. The van der Waals surface area contributed by atoms with Gasteiger partial charge in [-0.2, -0.15) is 0 Å². The molecule has 0 aromatic heterocycles. The summed E-state index contributed by atoms with van der Waals surface area (Å²) >= 11 is 0. The Labute approximate surface area is 140 Å². The molecule has 2 aliphatic carbocycles. The Hall–Kier alpha value is -1.35. The molecule has 0 amide bonds. The number of carbonyl (C=O) groups is 1. The summed E-state index contributed by atoms with van der Waals surface area (Å²) in [5.41, 5.74) is 4.49. The summed E-state index contributed by atoms with van der Waals surface area (Å²) in [6, 6.07) is 0. The molecule has 0 aliphatic heterocycles. The van der Waals surface area contributed by atoms with Crippen molar-refractivity contribution in [3.05, 3.63) is 34.4 Å². The van der Waals surface area contributed by atoms with Gasteiger partial charge in [-0.15, -0.1) is 0 Å². The smallest absolute Gasteiger partial charge is 0.337 e. The van der Waals surface area contributed by atoms with Gasteiger partial charge in [0.1, 0.15) is 0 Å². The number of hydrogen-bond acceptors (Lipinski definition) is 3. The summed E-state index contributed by atoms with van der Waals surface area (Å²) in [6.45, 7) is 2.81. The average Bonchev–Trinajstić information content (AvgIpc) is 2.61. The van der Waals surface area contributed by atoms with E-state index in [1.54, 1.807) is 7.11 Å². The first-order valence-electron chi connectivity index (χ1n) is 9.06. The molecule has 128 valence electrons. The number of carbonyl (C=O) groups excluding carboxylic acids is 1. The lowest BCUT2D eigenvalue weighted by atomic mass is 9.82. The molecule has 2 aliphatic rings. The van der Waals surface area contributed by atoms with Crippen molar-refractivity contribution >= 4 is 5.97 Å². The predicted octanol–water partition coefficient (Wildman–Crippen LogP) is 4.88. The highest BCUT2D eigenvalue weighted by molar-refractivity contribution is 5.92. The van der Waals surface area contributed by atoms with Crippen molar-refractivity contribution in [1.82, 2.24) is 0 Å². The number of methoxy groups -OCH3 is 1. The summed E-state index contributed by atoms with van der Waals surface area (Å²) in [4.78, 5) is 12.6. The van der Waals surface area contributed by atoms with Crippen molar-refractivity contribution in [2.24, 2.45) is 0 Å². The lowest BCUT2D eigenvalue weighted by molar-refractivity contribution is -0.139. The molecule has 0 radical (unpaired) electrons. The first-order chi connectivity index (χ1) is 11.3. The first kappa shape index (κ1) is 18.0. The minimum absolute atomic E-state index is 0.207. The monoisotopic (exact) mass is 318 g/mol. The van der Waals surface area contributed by atoms with Gasteiger partial charge in [0.15, 0.2) is 0 Å². The largest absolute Gasteiger partial charge is 0.462 e. The van der Waals surface area contributed by atoms with Crippen LogP contribution in [0.3, 0.4) is 0 Å². The topological polar surface area (TPSA) is 35.5 Å².